The molecule has 1 heterocycles. The highest BCUT2D eigenvalue weighted by atomic mass is 16.6. The molecule has 0 unspecified atom stereocenters. The molecule has 2 rings (SSSR count). The minimum absolute atomic E-state index is 0.447. The van der Waals surface area contributed by atoms with Crippen LogP contribution in [0.3, 0.4) is 0 Å². The van der Waals surface area contributed by atoms with Gasteiger partial charge in [0.05, 0.1) is 26.9 Å². The van der Waals surface area contributed by atoms with Crippen LogP contribution in [0.5, 0.6) is 5.75 Å². The summed E-state index contributed by atoms with van der Waals surface area (Å²) in [6.07, 6.45) is 0. The highest BCUT2D eigenvalue weighted by Crippen LogP contribution is 2.38. The van der Waals surface area contributed by atoms with E-state index in [0.717, 1.165) is 0 Å². The number of phenols is 1. The van der Waals surface area contributed by atoms with Crippen molar-refractivity contribution >= 4 is 34.9 Å². The number of phenolic OH excluding ortho intramolecular Hbond substituents is 1. The van der Waals surface area contributed by atoms with Crippen LogP contribution in [0.15, 0.2) is 12.1 Å². The summed E-state index contributed by atoms with van der Waals surface area (Å²) in [5.74, 6) is -3.64. The van der Waals surface area contributed by atoms with Gasteiger partial charge in [-0.15, -0.1) is 0 Å². The van der Waals surface area contributed by atoms with Crippen LogP contribution in [-0.2, 0) is 9.59 Å². The number of hydrogen-bond acceptors (Lipinski definition) is 12. The Morgan fingerprint density at radius 1 is 0.786 bits per heavy atom. The summed E-state index contributed by atoms with van der Waals surface area (Å²) in [7, 11) is 0. The molecule has 4 amide bonds. The number of imide groups is 2. The van der Waals surface area contributed by atoms with Crippen LogP contribution in [-0.4, -0.2) is 48.7 Å². The minimum atomic E-state index is -2.03. The highest BCUT2D eigenvalue weighted by molar-refractivity contribution is 6.17. The lowest BCUT2D eigenvalue weighted by Gasteiger charge is -2.13. The van der Waals surface area contributed by atoms with Crippen molar-refractivity contribution in [3.8, 4) is 5.75 Å². The van der Waals surface area contributed by atoms with Crippen LogP contribution in [0.25, 0.3) is 0 Å². The molecule has 0 atom stereocenters. The molecule has 1 aromatic rings. The fourth-order valence-corrected chi connectivity index (χ4v) is 1.68. The summed E-state index contributed by atoms with van der Waals surface area (Å²) in [4.78, 5) is 68.4. The quantitative estimate of drug-likeness (QED) is 0.314. The van der Waals surface area contributed by atoms with Crippen LogP contribution in [0.4, 0.5) is 21.9 Å². The van der Waals surface area contributed by atoms with Gasteiger partial charge in [-0.3, -0.25) is 60.7 Å². The Balaban J connectivity index is 0.000000292. The van der Waals surface area contributed by atoms with E-state index in [4.69, 9.17) is 5.11 Å². The molecule has 148 valence electrons. The van der Waals surface area contributed by atoms with E-state index in [1.54, 1.807) is 10.6 Å². The molecular formula is C10H6N6O12. The molecule has 18 nitrogen and oxygen atoms in total. The second kappa shape index (κ2) is 8.07. The molecule has 1 aromatic carbocycles. The predicted octanol–water partition coefficient (Wildman–Crippen LogP) is -0.885. The number of amides is 4. The number of non-ortho nitro benzene ring substituents is 1. The molecule has 0 aliphatic carbocycles. The van der Waals surface area contributed by atoms with E-state index in [9.17, 15) is 54.8 Å². The average molecular weight is 402 g/mol. The monoisotopic (exact) mass is 402 g/mol. The van der Waals surface area contributed by atoms with E-state index >= 15 is 0 Å². The molecule has 1 aliphatic heterocycles. The lowest BCUT2D eigenvalue weighted by molar-refractivity contribution is -0.494. The van der Waals surface area contributed by atoms with Crippen molar-refractivity contribution in [1.29, 1.82) is 0 Å². The number of benzene rings is 1. The van der Waals surface area contributed by atoms with Gasteiger partial charge in [0.15, 0.2) is 0 Å². The Morgan fingerprint density at radius 2 is 1.18 bits per heavy atom. The number of aromatic hydroxyl groups is 1. The third-order valence-corrected chi connectivity index (χ3v) is 2.84. The van der Waals surface area contributed by atoms with Gasteiger partial charge in [-0.25, -0.2) is 4.79 Å². The maximum absolute atomic E-state index is 10.6. The van der Waals surface area contributed by atoms with Gasteiger partial charge in [0.25, 0.3) is 11.4 Å². The number of nitrogens with zero attached hydrogens (tertiary/aromatic N) is 4. The van der Waals surface area contributed by atoms with Crippen molar-refractivity contribution in [2.45, 2.75) is 6.04 Å². The number of nitrogens with one attached hydrogen (secondary N) is 2. The zero-order chi connectivity index (χ0) is 21.8. The van der Waals surface area contributed by atoms with Gasteiger partial charge in [0.1, 0.15) is 0 Å². The predicted molar refractivity (Wildman–Crippen MR) is 80.5 cm³/mol. The third kappa shape index (κ3) is 4.65. The fraction of sp³-hybridized carbons (Fsp3) is 0.100. The summed E-state index contributed by atoms with van der Waals surface area (Å²) in [5, 5.41) is 53.4. The van der Waals surface area contributed by atoms with E-state index < -0.39 is 66.4 Å². The fourth-order valence-electron chi connectivity index (χ4n) is 1.68. The molecule has 0 aromatic heterocycles. The van der Waals surface area contributed by atoms with E-state index in [1.165, 1.54) is 0 Å². The van der Waals surface area contributed by atoms with Gasteiger partial charge in [-0.1, -0.05) is 0 Å². The lowest BCUT2D eigenvalue weighted by atomic mass is 10.2. The zero-order valence-electron chi connectivity index (χ0n) is 13.0. The average Bonchev–Trinajstić information content (AvgIpc) is 2.53. The second-order valence-corrected chi connectivity index (χ2v) is 4.60. The zero-order valence-corrected chi connectivity index (χ0v) is 13.0. The Kier molecular flexibility index (Phi) is 6.13. The maximum Gasteiger partial charge on any atom is 0.366 e. The number of hydrogen-bond donors (Lipinski definition) is 3. The normalized spacial score (nSPS) is 13.5. The first-order valence-electron chi connectivity index (χ1n) is 6.46. The molecular weight excluding hydrogens is 396 g/mol. The van der Waals surface area contributed by atoms with Crippen LogP contribution in [0.2, 0.25) is 0 Å². The Labute approximate surface area is 150 Å². The van der Waals surface area contributed by atoms with Crippen molar-refractivity contribution in [2.75, 3.05) is 0 Å². The van der Waals surface area contributed by atoms with Gasteiger partial charge >= 0.3 is 35.3 Å². The van der Waals surface area contributed by atoms with Gasteiger partial charge in [-0.2, -0.15) is 0 Å². The lowest BCUT2D eigenvalue weighted by Crippen LogP contribution is -2.61. The second-order valence-electron chi connectivity index (χ2n) is 4.60. The maximum atomic E-state index is 10.6. The molecule has 1 fully saturated rings. The molecule has 0 radical (unpaired) electrons. The number of carbonyl (C=O) groups is 3. The van der Waals surface area contributed by atoms with Crippen molar-refractivity contribution in [2.24, 2.45) is 0 Å². The van der Waals surface area contributed by atoms with Crippen molar-refractivity contribution in [1.82, 2.24) is 10.6 Å². The molecule has 0 saturated carbocycles. The molecule has 1 aliphatic rings. The first-order valence-corrected chi connectivity index (χ1v) is 6.46. The van der Waals surface area contributed by atoms with Gasteiger partial charge in [0, 0.05) is 4.92 Å². The number of nitro benzene ring substituents is 3. The third-order valence-electron chi connectivity index (χ3n) is 2.84. The highest BCUT2D eigenvalue weighted by Gasteiger charge is 2.43. The van der Waals surface area contributed by atoms with Gasteiger partial charge in [-0.05, 0) is 0 Å². The molecule has 18 heteroatoms. The van der Waals surface area contributed by atoms with Crippen LogP contribution in [0, 0.1) is 40.5 Å². The van der Waals surface area contributed by atoms with Crippen molar-refractivity contribution < 1.29 is 39.2 Å². The summed E-state index contributed by atoms with van der Waals surface area (Å²) < 4.78 is 0. The first kappa shape index (κ1) is 21.3. The largest absolute Gasteiger partial charge is 0.497 e. The SMILES string of the molecule is O=C1NC(=O)C([N+](=O)[O-])C(=O)N1.O=[N+]([O-])c1cc([N+](=O)[O-])c(O)c([N+](=O)[O-])c1. The van der Waals surface area contributed by atoms with Crippen LogP contribution >= 0.6 is 0 Å². The Bertz CT molecular complexity index is 870. The molecule has 0 spiro atoms. The Morgan fingerprint density at radius 3 is 1.46 bits per heavy atom. The van der Waals surface area contributed by atoms with Crippen molar-refractivity contribution in [3.05, 3.63) is 52.6 Å². The molecule has 1 saturated heterocycles. The summed E-state index contributed by atoms with van der Waals surface area (Å²) >= 11 is 0. The van der Waals surface area contributed by atoms with E-state index in [-0.39, 0.29) is 0 Å². The van der Waals surface area contributed by atoms with Crippen molar-refractivity contribution in [3.63, 3.8) is 0 Å². The summed E-state index contributed by atoms with van der Waals surface area (Å²) in [5.41, 5.74) is -3.00. The van der Waals surface area contributed by atoms with Crippen LogP contribution < -0.4 is 10.6 Å². The molecule has 3 N–H and O–H groups in total. The van der Waals surface area contributed by atoms with Gasteiger partial charge < -0.3 is 5.11 Å². The standard InChI is InChI=1S/C6H3N3O7.C4H3N3O5/c10-6-4(8(13)14)1-3(7(11)12)2-5(6)9(15)16;8-2-1(7(11)12)3(9)6-4(10)5-2/h1-2,10H;1H,(H2,5,6,8,9,10). The van der Waals surface area contributed by atoms with Gasteiger partial charge in [0.2, 0.25) is 0 Å². The van der Waals surface area contributed by atoms with E-state index in [2.05, 4.69) is 0 Å². The number of urea groups is 1. The Hall–Kier alpha value is -4.77. The number of rotatable bonds is 4. The molecule has 28 heavy (non-hydrogen) atoms. The minimum Gasteiger partial charge on any atom is -0.497 e. The van der Waals surface area contributed by atoms with E-state index in [1.807, 2.05) is 0 Å². The topological polar surface area (TPSA) is 268 Å². The summed E-state index contributed by atoms with van der Waals surface area (Å²) in [6, 6.07) is -2.17. The number of nitro groups is 4. The van der Waals surface area contributed by atoms with Crippen LogP contribution in [0.1, 0.15) is 0 Å². The first-order chi connectivity index (χ1) is 12.9. The molecule has 0 bridgehead atoms. The van der Waals surface area contributed by atoms with E-state index in [0.29, 0.717) is 12.1 Å². The smallest absolute Gasteiger partial charge is 0.366 e. The number of barbiturate groups is 1. The number of carbonyl (C=O) groups excluding carboxylic acids is 3. The summed E-state index contributed by atoms with van der Waals surface area (Å²) in [6.45, 7) is 0.